The molecule has 2 rings (SSSR count). The van der Waals surface area contributed by atoms with Crippen molar-refractivity contribution >= 4 is 20.9 Å². The molecular formula is C12H11NaO3S. The maximum Gasteiger partial charge on any atom is 1.00 e. The van der Waals surface area contributed by atoms with Crippen molar-refractivity contribution in [2.24, 2.45) is 0 Å². The second-order valence-corrected chi connectivity index (χ2v) is 4.92. The van der Waals surface area contributed by atoms with Crippen LogP contribution in [-0.4, -0.2) is 13.0 Å². The Morgan fingerprint density at radius 3 is 2.24 bits per heavy atom. The van der Waals surface area contributed by atoms with Gasteiger partial charge in [-0.05, 0) is 28.8 Å². The second-order valence-electron chi connectivity index (χ2n) is 3.58. The quantitative estimate of drug-likeness (QED) is 0.529. The van der Waals surface area contributed by atoms with Gasteiger partial charge in [-0.15, -0.1) is 0 Å². The molecule has 3 nitrogen and oxygen atoms in total. The van der Waals surface area contributed by atoms with E-state index in [1.807, 2.05) is 19.1 Å². The average Bonchev–Trinajstić information content (AvgIpc) is 2.26. The van der Waals surface area contributed by atoms with Crippen molar-refractivity contribution in [1.29, 1.82) is 0 Å². The summed E-state index contributed by atoms with van der Waals surface area (Å²) in [6.07, 6.45) is 0.805. The van der Waals surface area contributed by atoms with Crippen LogP contribution < -0.4 is 29.6 Å². The molecule has 0 saturated heterocycles. The molecule has 2 aromatic carbocycles. The summed E-state index contributed by atoms with van der Waals surface area (Å²) in [4.78, 5) is -0.139. The van der Waals surface area contributed by atoms with Gasteiger partial charge in [0.1, 0.15) is 10.1 Å². The molecule has 0 fully saturated rings. The van der Waals surface area contributed by atoms with E-state index in [0.717, 1.165) is 17.4 Å². The first kappa shape index (κ1) is 14.7. The monoisotopic (exact) mass is 258 g/mol. The third-order valence-corrected chi connectivity index (χ3v) is 3.52. The first-order chi connectivity index (χ1) is 7.54. The normalized spacial score (nSPS) is 11.2. The number of rotatable bonds is 2. The zero-order valence-electron chi connectivity index (χ0n) is 9.80. The number of aryl methyl sites for hydroxylation is 1. The molecule has 0 spiro atoms. The van der Waals surface area contributed by atoms with E-state index in [4.69, 9.17) is 0 Å². The summed E-state index contributed by atoms with van der Waals surface area (Å²) in [5, 5.41) is 1.35. The van der Waals surface area contributed by atoms with Crippen LogP contribution in [0.15, 0.2) is 41.3 Å². The van der Waals surface area contributed by atoms with E-state index in [9.17, 15) is 13.0 Å². The Labute approximate surface area is 123 Å². The van der Waals surface area contributed by atoms with Gasteiger partial charge in [-0.25, -0.2) is 8.42 Å². The van der Waals surface area contributed by atoms with Crippen LogP contribution in [0.2, 0.25) is 0 Å². The molecule has 0 aliphatic rings. The van der Waals surface area contributed by atoms with E-state index >= 15 is 0 Å². The van der Waals surface area contributed by atoms with E-state index in [-0.39, 0.29) is 34.5 Å². The summed E-state index contributed by atoms with van der Waals surface area (Å²) < 4.78 is 33.3. The van der Waals surface area contributed by atoms with Gasteiger partial charge in [0.25, 0.3) is 0 Å². The third kappa shape index (κ3) is 2.89. The molecule has 0 amide bonds. The smallest absolute Gasteiger partial charge is 0.744 e. The zero-order chi connectivity index (χ0) is 11.8. The number of hydrogen-bond donors (Lipinski definition) is 0. The molecule has 0 radical (unpaired) electrons. The van der Waals surface area contributed by atoms with Crippen LogP contribution in [0.4, 0.5) is 0 Å². The van der Waals surface area contributed by atoms with Gasteiger partial charge in [0.05, 0.1) is 4.90 Å². The van der Waals surface area contributed by atoms with Crippen LogP contribution in [0.5, 0.6) is 0 Å². The predicted molar refractivity (Wildman–Crippen MR) is 61.3 cm³/mol. The van der Waals surface area contributed by atoms with Crippen molar-refractivity contribution < 1.29 is 42.5 Å². The van der Waals surface area contributed by atoms with Gasteiger partial charge in [0, 0.05) is 0 Å². The summed E-state index contributed by atoms with van der Waals surface area (Å²) in [5.41, 5.74) is 1.04. The van der Waals surface area contributed by atoms with Crippen molar-refractivity contribution in [2.75, 3.05) is 0 Å². The van der Waals surface area contributed by atoms with E-state index in [1.165, 1.54) is 6.07 Å². The van der Waals surface area contributed by atoms with Crippen LogP contribution in [0.1, 0.15) is 12.5 Å². The molecule has 0 unspecified atom stereocenters. The Kier molecular flexibility index (Phi) is 4.75. The van der Waals surface area contributed by atoms with Gasteiger partial charge in [-0.1, -0.05) is 37.3 Å². The van der Waals surface area contributed by atoms with Gasteiger partial charge in [-0.2, -0.15) is 0 Å². The van der Waals surface area contributed by atoms with Crippen molar-refractivity contribution in [2.45, 2.75) is 18.2 Å². The molecule has 84 valence electrons. The standard InChI is InChI=1S/C12H12O3S.Na/c1-2-9-5-3-7-11-10(9)6-4-8-12(11)16(13,14)15;/h3-8H,2H2,1H3,(H,13,14,15);/q;+1/p-1. The fraction of sp³-hybridized carbons (Fsp3) is 0.167. The molecule has 0 atom stereocenters. The van der Waals surface area contributed by atoms with Gasteiger partial charge < -0.3 is 4.55 Å². The Bertz CT molecular complexity index is 635. The first-order valence-corrected chi connectivity index (χ1v) is 6.41. The summed E-state index contributed by atoms with van der Waals surface area (Å²) in [5.74, 6) is 0. The molecule has 17 heavy (non-hydrogen) atoms. The molecule has 0 heterocycles. The Hall–Kier alpha value is -0.390. The van der Waals surface area contributed by atoms with Crippen LogP contribution >= 0.6 is 0 Å². The average molecular weight is 258 g/mol. The number of hydrogen-bond acceptors (Lipinski definition) is 3. The molecule has 0 bridgehead atoms. The van der Waals surface area contributed by atoms with Gasteiger partial charge in [0.2, 0.25) is 0 Å². The fourth-order valence-electron chi connectivity index (χ4n) is 1.87. The summed E-state index contributed by atoms with van der Waals surface area (Å²) in [6, 6.07) is 10.2. The minimum absolute atomic E-state index is 0. The maximum atomic E-state index is 11.1. The van der Waals surface area contributed by atoms with Crippen molar-refractivity contribution in [3.8, 4) is 0 Å². The Balaban J connectivity index is 0.00000144. The van der Waals surface area contributed by atoms with Crippen molar-refractivity contribution in [3.05, 3.63) is 42.0 Å². The van der Waals surface area contributed by atoms with Crippen LogP contribution in [-0.2, 0) is 16.5 Å². The molecular weight excluding hydrogens is 247 g/mol. The molecule has 0 saturated carbocycles. The molecule has 0 aliphatic heterocycles. The fourth-order valence-corrected chi connectivity index (χ4v) is 2.57. The number of fused-ring (bicyclic) bond motifs is 1. The molecule has 0 aromatic heterocycles. The summed E-state index contributed by atoms with van der Waals surface area (Å²) in [7, 11) is -4.40. The SMILES string of the molecule is CCc1cccc2c(S(=O)(=O)[O-])cccc12.[Na+]. The van der Waals surface area contributed by atoms with E-state index in [2.05, 4.69) is 0 Å². The minimum atomic E-state index is -4.40. The third-order valence-electron chi connectivity index (χ3n) is 2.62. The van der Waals surface area contributed by atoms with Crippen LogP contribution in [0.3, 0.4) is 0 Å². The topological polar surface area (TPSA) is 57.2 Å². The van der Waals surface area contributed by atoms with E-state index in [0.29, 0.717) is 5.39 Å². The van der Waals surface area contributed by atoms with E-state index < -0.39 is 10.1 Å². The van der Waals surface area contributed by atoms with Gasteiger partial charge in [-0.3, -0.25) is 0 Å². The zero-order valence-corrected chi connectivity index (χ0v) is 12.6. The summed E-state index contributed by atoms with van der Waals surface area (Å²) in [6.45, 7) is 1.99. The van der Waals surface area contributed by atoms with Crippen molar-refractivity contribution in [3.63, 3.8) is 0 Å². The molecule has 0 aliphatic carbocycles. The Morgan fingerprint density at radius 2 is 1.65 bits per heavy atom. The second kappa shape index (κ2) is 5.50. The predicted octanol–water partition coefficient (Wildman–Crippen LogP) is -0.690. The molecule has 0 N–H and O–H groups in total. The number of benzene rings is 2. The summed E-state index contributed by atoms with van der Waals surface area (Å²) >= 11 is 0. The largest absolute Gasteiger partial charge is 1.00 e. The van der Waals surface area contributed by atoms with Crippen molar-refractivity contribution in [1.82, 2.24) is 0 Å². The van der Waals surface area contributed by atoms with Crippen LogP contribution in [0.25, 0.3) is 10.8 Å². The van der Waals surface area contributed by atoms with E-state index in [1.54, 1.807) is 18.2 Å². The first-order valence-electron chi connectivity index (χ1n) is 5.00. The Morgan fingerprint density at radius 1 is 1.06 bits per heavy atom. The van der Waals surface area contributed by atoms with Gasteiger partial charge in [0.15, 0.2) is 0 Å². The maximum absolute atomic E-state index is 11.1. The molecule has 2 aromatic rings. The van der Waals surface area contributed by atoms with Crippen LogP contribution in [0, 0.1) is 0 Å². The van der Waals surface area contributed by atoms with Gasteiger partial charge >= 0.3 is 29.6 Å². The minimum Gasteiger partial charge on any atom is -0.744 e. The molecule has 5 heteroatoms.